The average Bonchev–Trinajstić information content (AvgIpc) is 2.93. The van der Waals surface area contributed by atoms with Gasteiger partial charge in [0, 0.05) is 55.9 Å². The Morgan fingerprint density at radius 1 is 0.972 bits per heavy atom. The largest absolute Gasteiger partial charge is 0.497 e. The van der Waals surface area contributed by atoms with Gasteiger partial charge in [-0.3, -0.25) is 19.7 Å². The van der Waals surface area contributed by atoms with Crippen molar-refractivity contribution in [1.82, 2.24) is 24.8 Å². The van der Waals surface area contributed by atoms with Crippen molar-refractivity contribution >= 4 is 23.3 Å². The van der Waals surface area contributed by atoms with Gasteiger partial charge in [-0.2, -0.15) is 0 Å². The number of ether oxygens (including phenoxy) is 1. The molecular formula is C27H25ClN6O2. The molecule has 0 saturated carbocycles. The molecule has 1 amide bonds. The van der Waals surface area contributed by atoms with Gasteiger partial charge in [0.1, 0.15) is 23.0 Å². The van der Waals surface area contributed by atoms with Crippen molar-refractivity contribution in [3.05, 3.63) is 83.5 Å². The number of hydrogen-bond acceptors (Lipinski definition) is 7. The van der Waals surface area contributed by atoms with Crippen LogP contribution in [0.25, 0.3) is 22.5 Å². The second-order valence-corrected chi connectivity index (χ2v) is 8.87. The number of methoxy groups -OCH3 is 1. The Morgan fingerprint density at radius 2 is 1.81 bits per heavy atom. The summed E-state index contributed by atoms with van der Waals surface area (Å²) in [6, 6.07) is 13.3. The molecule has 8 nitrogen and oxygen atoms in total. The van der Waals surface area contributed by atoms with Crippen LogP contribution in [0.15, 0.2) is 67.3 Å². The summed E-state index contributed by atoms with van der Waals surface area (Å²) in [5.41, 5.74) is 4.36. The van der Waals surface area contributed by atoms with E-state index in [1.165, 1.54) is 0 Å². The van der Waals surface area contributed by atoms with E-state index in [2.05, 4.69) is 14.9 Å². The lowest BCUT2D eigenvalue weighted by atomic mass is 10.0. The van der Waals surface area contributed by atoms with E-state index < -0.39 is 0 Å². The summed E-state index contributed by atoms with van der Waals surface area (Å²) < 4.78 is 5.40. The van der Waals surface area contributed by atoms with Crippen molar-refractivity contribution in [1.29, 1.82) is 0 Å². The molecule has 0 atom stereocenters. The molecule has 0 unspecified atom stereocenters. The number of carbonyl (C=O) groups excluding carboxylic acids is 1. The number of nitrogens with zero attached hydrogens (tertiary/aromatic N) is 6. The van der Waals surface area contributed by atoms with Crippen LogP contribution in [-0.2, 0) is 0 Å². The smallest absolute Gasteiger partial charge is 0.272 e. The number of carbonyl (C=O) groups is 1. The van der Waals surface area contributed by atoms with E-state index in [-0.39, 0.29) is 5.91 Å². The minimum atomic E-state index is -0.0449. The number of amides is 1. The molecule has 1 aromatic carbocycles. The van der Waals surface area contributed by atoms with Crippen LogP contribution >= 0.6 is 11.6 Å². The van der Waals surface area contributed by atoms with E-state index in [0.29, 0.717) is 48.3 Å². The van der Waals surface area contributed by atoms with Gasteiger partial charge in [-0.15, -0.1) is 0 Å². The summed E-state index contributed by atoms with van der Waals surface area (Å²) in [5, 5.41) is 0.495. The third-order valence-corrected chi connectivity index (χ3v) is 6.53. The SMILES string of the molecule is COc1cccc(-c2ncc(N3CCN(C(=O)c4ncccc4C)CC3)nc2-c2ccncc2Cl)c1. The fraction of sp³-hybridized carbons (Fsp3) is 0.222. The molecule has 4 heterocycles. The lowest BCUT2D eigenvalue weighted by molar-refractivity contribution is 0.0740. The van der Waals surface area contributed by atoms with Crippen LogP contribution in [0, 0.1) is 6.92 Å². The molecule has 1 saturated heterocycles. The minimum absolute atomic E-state index is 0.0449. The Balaban J connectivity index is 1.44. The third-order valence-electron chi connectivity index (χ3n) is 6.23. The maximum absolute atomic E-state index is 13.0. The third kappa shape index (κ3) is 4.72. The number of piperazine rings is 1. The normalized spacial score (nSPS) is 13.5. The van der Waals surface area contributed by atoms with Crippen molar-refractivity contribution in [3.8, 4) is 28.3 Å². The maximum atomic E-state index is 13.0. The van der Waals surface area contributed by atoms with Gasteiger partial charge in [0.25, 0.3) is 5.91 Å². The second-order valence-electron chi connectivity index (χ2n) is 8.46. The van der Waals surface area contributed by atoms with Gasteiger partial charge in [0.15, 0.2) is 0 Å². The molecule has 3 aromatic heterocycles. The van der Waals surface area contributed by atoms with Gasteiger partial charge >= 0.3 is 0 Å². The number of benzene rings is 1. The zero-order chi connectivity index (χ0) is 25.1. The van der Waals surface area contributed by atoms with E-state index in [0.717, 1.165) is 28.3 Å². The quantitative estimate of drug-likeness (QED) is 0.398. The number of halogens is 1. The Bertz CT molecular complexity index is 1400. The van der Waals surface area contributed by atoms with E-state index in [1.807, 2.05) is 54.3 Å². The zero-order valence-corrected chi connectivity index (χ0v) is 20.8. The molecule has 1 aliphatic rings. The van der Waals surface area contributed by atoms with Crippen molar-refractivity contribution < 1.29 is 9.53 Å². The lowest BCUT2D eigenvalue weighted by Gasteiger charge is -2.35. The van der Waals surface area contributed by atoms with Gasteiger partial charge < -0.3 is 14.5 Å². The highest BCUT2D eigenvalue weighted by Crippen LogP contribution is 2.35. The van der Waals surface area contributed by atoms with Crippen LogP contribution in [0.2, 0.25) is 5.02 Å². The first kappa shape index (κ1) is 23.7. The van der Waals surface area contributed by atoms with Crippen molar-refractivity contribution in [3.63, 3.8) is 0 Å². The Kier molecular flexibility index (Phi) is 6.77. The standard InChI is InChI=1S/C27H25ClN6O2/c1-18-5-4-9-30-24(18)27(35)34-13-11-33(12-14-34)23-17-31-25(19-6-3-7-20(15-19)36-2)26(32-23)21-8-10-29-16-22(21)28/h3-10,15-17H,11-14H2,1-2H3. The second kappa shape index (κ2) is 10.3. The van der Waals surface area contributed by atoms with Crippen LogP contribution in [0.1, 0.15) is 16.1 Å². The molecule has 4 aromatic rings. The number of aromatic nitrogens is 4. The Labute approximate surface area is 214 Å². The molecule has 5 rings (SSSR count). The van der Waals surface area contributed by atoms with Crippen LogP contribution in [-0.4, -0.2) is 64.0 Å². The molecule has 0 radical (unpaired) electrons. The van der Waals surface area contributed by atoms with Gasteiger partial charge in [-0.1, -0.05) is 29.8 Å². The molecule has 182 valence electrons. The van der Waals surface area contributed by atoms with Crippen LogP contribution in [0.3, 0.4) is 0 Å². The number of aryl methyl sites for hydroxylation is 1. The highest BCUT2D eigenvalue weighted by molar-refractivity contribution is 6.33. The van der Waals surface area contributed by atoms with Crippen molar-refractivity contribution in [2.45, 2.75) is 6.92 Å². The highest BCUT2D eigenvalue weighted by Gasteiger charge is 2.26. The number of rotatable bonds is 5. The number of pyridine rings is 2. The molecular weight excluding hydrogens is 476 g/mol. The Morgan fingerprint density at radius 3 is 2.56 bits per heavy atom. The molecule has 1 aliphatic heterocycles. The van der Waals surface area contributed by atoms with Crippen molar-refractivity contribution in [2.24, 2.45) is 0 Å². The lowest BCUT2D eigenvalue weighted by Crippen LogP contribution is -2.49. The highest BCUT2D eigenvalue weighted by atomic mass is 35.5. The summed E-state index contributed by atoms with van der Waals surface area (Å²) in [5.74, 6) is 1.41. The first-order valence-electron chi connectivity index (χ1n) is 11.6. The topological polar surface area (TPSA) is 84.3 Å². The van der Waals surface area contributed by atoms with E-state index in [1.54, 1.807) is 31.9 Å². The first-order valence-corrected chi connectivity index (χ1v) is 12.0. The van der Waals surface area contributed by atoms with E-state index in [4.69, 9.17) is 26.3 Å². The fourth-order valence-corrected chi connectivity index (χ4v) is 4.48. The summed E-state index contributed by atoms with van der Waals surface area (Å²) in [6.45, 7) is 4.31. The predicted octanol–water partition coefficient (Wildman–Crippen LogP) is 4.53. The minimum Gasteiger partial charge on any atom is -0.497 e. The van der Waals surface area contributed by atoms with Gasteiger partial charge in [0.2, 0.25) is 0 Å². The molecule has 36 heavy (non-hydrogen) atoms. The molecule has 0 bridgehead atoms. The summed E-state index contributed by atoms with van der Waals surface area (Å²) in [7, 11) is 1.63. The van der Waals surface area contributed by atoms with Crippen LogP contribution in [0.4, 0.5) is 5.82 Å². The maximum Gasteiger partial charge on any atom is 0.272 e. The predicted molar refractivity (Wildman–Crippen MR) is 139 cm³/mol. The Hall–Kier alpha value is -4.04. The zero-order valence-electron chi connectivity index (χ0n) is 20.1. The summed E-state index contributed by atoms with van der Waals surface area (Å²) in [4.78, 5) is 35.1. The monoisotopic (exact) mass is 500 g/mol. The summed E-state index contributed by atoms with van der Waals surface area (Å²) in [6.07, 6.45) is 6.72. The van der Waals surface area contributed by atoms with Gasteiger partial charge in [-0.25, -0.2) is 4.98 Å². The van der Waals surface area contributed by atoms with E-state index >= 15 is 0 Å². The van der Waals surface area contributed by atoms with Crippen LogP contribution in [0.5, 0.6) is 5.75 Å². The number of hydrogen-bond donors (Lipinski definition) is 0. The molecule has 9 heteroatoms. The molecule has 0 N–H and O–H groups in total. The van der Waals surface area contributed by atoms with Gasteiger partial charge in [-0.05, 0) is 36.8 Å². The van der Waals surface area contributed by atoms with Crippen LogP contribution < -0.4 is 9.64 Å². The van der Waals surface area contributed by atoms with E-state index in [9.17, 15) is 4.79 Å². The average molecular weight is 501 g/mol. The fourth-order valence-electron chi connectivity index (χ4n) is 4.27. The molecule has 0 aliphatic carbocycles. The molecule has 1 fully saturated rings. The number of anilines is 1. The van der Waals surface area contributed by atoms with Gasteiger partial charge in [0.05, 0.1) is 24.0 Å². The first-order chi connectivity index (χ1) is 17.5. The summed E-state index contributed by atoms with van der Waals surface area (Å²) >= 11 is 6.52. The molecule has 0 spiro atoms. The van der Waals surface area contributed by atoms with Crippen molar-refractivity contribution in [2.75, 3.05) is 38.2 Å².